The molecule has 1 aliphatic heterocycles. The van der Waals surface area contributed by atoms with E-state index in [9.17, 15) is 19.5 Å². The largest absolute Gasteiger partial charge is 0.480 e. The molecule has 0 aliphatic carbocycles. The van der Waals surface area contributed by atoms with Gasteiger partial charge in [-0.05, 0) is 18.6 Å². The maximum atomic E-state index is 12.2. The van der Waals surface area contributed by atoms with Crippen LogP contribution in [-0.2, 0) is 4.79 Å². The second kappa shape index (κ2) is 5.22. The fraction of sp³-hybridized carbons (Fsp3) is 0.357. The first-order valence-electron chi connectivity index (χ1n) is 6.27. The minimum absolute atomic E-state index is 0.287. The van der Waals surface area contributed by atoms with Crippen molar-refractivity contribution in [2.24, 2.45) is 0 Å². The van der Waals surface area contributed by atoms with Crippen molar-refractivity contribution >= 4 is 17.8 Å². The molecule has 1 aromatic carbocycles. The first-order valence-corrected chi connectivity index (χ1v) is 6.27. The zero-order valence-electron chi connectivity index (χ0n) is 10.6. The van der Waals surface area contributed by atoms with E-state index in [2.05, 4.69) is 0 Å². The highest BCUT2D eigenvalue weighted by molar-refractivity contribution is 6.22. The molecule has 1 N–H and O–H groups in total. The summed E-state index contributed by atoms with van der Waals surface area (Å²) in [7, 11) is 0. The fourth-order valence-electron chi connectivity index (χ4n) is 2.25. The molecule has 0 fully saturated rings. The van der Waals surface area contributed by atoms with Crippen LogP contribution in [0.5, 0.6) is 0 Å². The second-order valence-corrected chi connectivity index (χ2v) is 4.52. The van der Waals surface area contributed by atoms with Gasteiger partial charge in [0.2, 0.25) is 0 Å². The number of imide groups is 1. The highest BCUT2D eigenvalue weighted by Gasteiger charge is 2.42. The number of amides is 2. The Balaban J connectivity index is 2.33. The smallest absolute Gasteiger partial charge is 0.326 e. The normalized spacial score (nSPS) is 15.5. The monoisotopic (exact) mass is 261 g/mol. The molecule has 1 heterocycles. The van der Waals surface area contributed by atoms with Crippen LogP contribution < -0.4 is 0 Å². The molecule has 0 saturated heterocycles. The number of benzene rings is 1. The Bertz CT molecular complexity index is 503. The van der Waals surface area contributed by atoms with E-state index in [1.807, 2.05) is 6.92 Å². The molecule has 5 nitrogen and oxygen atoms in total. The number of unbranched alkanes of at least 4 members (excludes halogenated alkanes) is 1. The van der Waals surface area contributed by atoms with Crippen molar-refractivity contribution in [3.8, 4) is 0 Å². The molecule has 5 heteroatoms. The minimum Gasteiger partial charge on any atom is -0.480 e. The first-order chi connectivity index (χ1) is 9.07. The fourth-order valence-corrected chi connectivity index (χ4v) is 2.25. The molecular weight excluding hydrogens is 246 g/mol. The summed E-state index contributed by atoms with van der Waals surface area (Å²) in [6.07, 6.45) is 1.76. The van der Waals surface area contributed by atoms with Crippen molar-refractivity contribution in [1.82, 2.24) is 4.90 Å². The van der Waals surface area contributed by atoms with Crippen LogP contribution >= 0.6 is 0 Å². The topological polar surface area (TPSA) is 74.7 Å². The lowest BCUT2D eigenvalue weighted by Crippen LogP contribution is -2.44. The summed E-state index contributed by atoms with van der Waals surface area (Å²) in [5.41, 5.74) is 0.575. The standard InChI is InChI=1S/C14H15NO4/c1-2-3-8-11(14(18)19)15-12(16)9-6-4-5-7-10(9)13(15)17/h4-7,11H,2-3,8H2,1H3,(H,18,19)/t11-/m1/s1. The molecule has 19 heavy (non-hydrogen) atoms. The molecule has 0 saturated carbocycles. The van der Waals surface area contributed by atoms with Crippen molar-refractivity contribution in [2.45, 2.75) is 32.2 Å². The van der Waals surface area contributed by atoms with E-state index in [-0.39, 0.29) is 17.5 Å². The Morgan fingerprint density at radius 2 is 1.74 bits per heavy atom. The summed E-state index contributed by atoms with van der Waals surface area (Å²) in [6.45, 7) is 1.93. The van der Waals surface area contributed by atoms with Gasteiger partial charge in [-0.1, -0.05) is 31.9 Å². The van der Waals surface area contributed by atoms with Crippen LogP contribution in [0.4, 0.5) is 0 Å². The second-order valence-electron chi connectivity index (χ2n) is 4.52. The molecule has 2 amide bonds. The number of nitrogens with zero attached hydrogens (tertiary/aromatic N) is 1. The zero-order chi connectivity index (χ0) is 14.0. The third-order valence-corrected chi connectivity index (χ3v) is 3.25. The van der Waals surface area contributed by atoms with Crippen LogP contribution in [0.1, 0.15) is 46.9 Å². The quantitative estimate of drug-likeness (QED) is 0.822. The Morgan fingerprint density at radius 3 is 2.16 bits per heavy atom. The number of carbonyl (C=O) groups excluding carboxylic acids is 2. The van der Waals surface area contributed by atoms with Crippen LogP contribution in [-0.4, -0.2) is 33.8 Å². The molecule has 1 aliphatic rings. The van der Waals surface area contributed by atoms with E-state index in [1.165, 1.54) is 0 Å². The van der Waals surface area contributed by atoms with Crippen molar-refractivity contribution in [1.29, 1.82) is 0 Å². The SMILES string of the molecule is CCCC[C@H](C(=O)O)N1C(=O)c2ccccc2C1=O. The number of hydrogen-bond acceptors (Lipinski definition) is 3. The average molecular weight is 261 g/mol. The summed E-state index contributed by atoms with van der Waals surface area (Å²) in [4.78, 5) is 36.5. The molecule has 0 unspecified atom stereocenters. The van der Waals surface area contributed by atoms with E-state index >= 15 is 0 Å². The predicted molar refractivity (Wildman–Crippen MR) is 67.9 cm³/mol. The molecular formula is C14H15NO4. The summed E-state index contributed by atoms with van der Waals surface area (Å²) >= 11 is 0. The summed E-state index contributed by atoms with van der Waals surface area (Å²) in [6, 6.07) is 5.35. The van der Waals surface area contributed by atoms with Gasteiger partial charge in [-0.3, -0.25) is 14.5 Å². The van der Waals surface area contributed by atoms with Crippen LogP contribution in [0, 0.1) is 0 Å². The average Bonchev–Trinajstić information content (AvgIpc) is 2.64. The van der Waals surface area contributed by atoms with E-state index < -0.39 is 23.8 Å². The van der Waals surface area contributed by atoms with Crippen molar-refractivity contribution in [2.75, 3.05) is 0 Å². The van der Waals surface area contributed by atoms with Gasteiger partial charge in [-0.2, -0.15) is 0 Å². The van der Waals surface area contributed by atoms with Gasteiger partial charge in [0.1, 0.15) is 6.04 Å². The van der Waals surface area contributed by atoms with Crippen molar-refractivity contribution in [3.05, 3.63) is 35.4 Å². The number of rotatable bonds is 5. The third-order valence-electron chi connectivity index (χ3n) is 3.25. The molecule has 0 bridgehead atoms. The summed E-state index contributed by atoms with van der Waals surface area (Å²) < 4.78 is 0. The molecule has 1 atom stereocenters. The maximum Gasteiger partial charge on any atom is 0.326 e. The Kier molecular flexibility index (Phi) is 3.64. The number of aliphatic carboxylic acids is 1. The Labute approximate surface area is 110 Å². The minimum atomic E-state index is -1.14. The van der Waals surface area contributed by atoms with Crippen LogP contribution in [0.2, 0.25) is 0 Å². The number of hydrogen-bond donors (Lipinski definition) is 1. The Morgan fingerprint density at radius 1 is 1.21 bits per heavy atom. The van der Waals surface area contributed by atoms with Gasteiger partial charge in [0.05, 0.1) is 11.1 Å². The van der Waals surface area contributed by atoms with Gasteiger partial charge in [0, 0.05) is 0 Å². The maximum absolute atomic E-state index is 12.2. The molecule has 0 aromatic heterocycles. The van der Waals surface area contributed by atoms with Gasteiger partial charge >= 0.3 is 5.97 Å². The van der Waals surface area contributed by atoms with E-state index in [0.29, 0.717) is 6.42 Å². The molecule has 2 rings (SSSR count). The highest BCUT2D eigenvalue weighted by Crippen LogP contribution is 2.26. The van der Waals surface area contributed by atoms with Gasteiger partial charge in [-0.15, -0.1) is 0 Å². The predicted octanol–water partition coefficient (Wildman–Crippen LogP) is 1.93. The lowest BCUT2D eigenvalue weighted by atomic mass is 10.1. The lowest BCUT2D eigenvalue weighted by molar-refractivity contribution is -0.141. The molecule has 1 aromatic rings. The van der Waals surface area contributed by atoms with Crippen molar-refractivity contribution < 1.29 is 19.5 Å². The lowest BCUT2D eigenvalue weighted by Gasteiger charge is -2.22. The van der Waals surface area contributed by atoms with Crippen LogP contribution in [0.25, 0.3) is 0 Å². The molecule has 0 radical (unpaired) electrons. The van der Waals surface area contributed by atoms with Gasteiger partial charge < -0.3 is 5.11 Å². The van der Waals surface area contributed by atoms with Crippen LogP contribution in [0.15, 0.2) is 24.3 Å². The number of carboxylic acid groups (broad SMARTS) is 1. The molecule has 100 valence electrons. The number of fused-ring (bicyclic) bond motifs is 1. The van der Waals surface area contributed by atoms with E-state index in [4.69, 9.17) is 0 Å². The summed E-state index contributed by atoms with van der Waals surface area (Å²) in [5, 5.41) is 9.23. The zero-order valence-corrected chi connectivity index (χ0v) is 10.6. The first kappa shape index (κ1) is 13.3. The van der Waals surface area contributed by atoms with Gasteiger partial charge in [-0.25, -0.2) is 4.79 Å². The Hall–Kier alpha value is -2.17. The van der Waals surface area contributed by atoms with E-state index in [1.54, 1.807) is 24.3 Å². The highest BCUT2D eigenvalue weighted by atomic mass is 16.4. The number of carbonyl (C=O) groups is 3. The molecule has 0 spiro atoms. The van der Waals surface area contributed by atoms with Gasteiger partial charge in [0.15, 0.2) is 0 Å². The van der Waals surface area contributed by atoms with Crippen molar-refractivity contribution in [3.63, 3.8) is 0 Å². The van der Waals surface area contributed by atoms with Gasteiger partial charge in [0.25, 0.3) is 11.8 Å². The summed E-state index contributed by atoms with van der Waals surface area (Å²) in [5.74, 6) is -2.16. The van der Waals surface area contributed by atoms with Crippen LogP contribution in [0.3, 0.4) is 0 Å². The number of carboxylic acids is 1. The third kappa shape index (κ3) is 2.23. The van der Waals surface area contributed by atoms with E-state index in [0.717, 1.165) is 11.3 Å².